The smallest absolute Gasteiger partial charge is 0.143 e. The van der Waals surface area contributed by atoms with E-state index in [1.54, 1.807) is 0 Å². The molecule has 4 aromatic heterocycles. The Labute approximate surface area is 858 Å². The maximum absolute atomic E-state index is 6.73. The second kappa shape index (κ2) is 36.0. The predicted octanol–water partition coefficient (Wildman–Crippen LogP) is 40.8. The van der Waals surface area contributed by atoms with Crippen molar-refractivity contribution in [2.24, 2.45) is 0 Å². The average Bonchev–Trinajstić information content (AvgIpc) is 1.06. The van der Waals surface area contributed by atoms with E-state index in [-0.39, 0.29) is 0 Å². The van der Waals surface area contributed by atoms with Crippen LogP contribution in [0.1, 0.15) is 72.2 Å². The molecule has 0 radical (unpaired) electrons. The number of para-hydroxylation sites is 12. The minimum absolute atomic E-state index is 0.830. The Bertz CT molecular complexity index is 9550. The summed E-state index contributed by atoms with van der Waals surface area (Å²) in [7, 11) is 0. The topological polar surface area (TPSA) is 65.5 Å². The number of nitrogens with zero attached hydrogens (tertiary/aromatic N) is 4. The molecule has 24 aromatic carbocycles. The first-order valence-corrected chi connectivity index (χ1v) is 51.9. The van der Waals surface area contributed by atoms with E-state index in [1.807, 2.05) is 12.1 Å². The monoisotopic (exact) mass is 1900 g/mol. The van der Waals surface area contributed by atoms with Crippen LogP contribution in [0, 0.1) is 27.7 Å². The first kappa shape index (κ1) is 88.7. The van der Waals surface area contributed by atoms with Crippen molar-refractivity contribution in [3.05, 3.63) is 481 Å². The third-order valence-electron chi connectivity index (χ3n) is 31.4. The number of benzene rings is 24. The number of hydrogen-bond acceptors (Lipinski definition) is 8. The fourth-order valence-electron chi connectivity index (χ4n) is 24.7. The van der Waals surface area contributed by atoms with Gasteiger partial charge in [0.05, 0.1) is 45.5 Å². The zero-order valence-electron chi connectivity index (χ0n) is 83.8. The van der Waals surface area contributed by atoms with Gasteiger partial charge in [0.15, 0.2) is 0 Å². The van der Waals surface area contributed by atoms with E-state index in [9.17, 15) is 0 Å². The van der Waals surface area contributed by atoms with Gasteiger partial charge in [-0.2, -0.15) is 0 Å². The second-order valence-corrected chi connectivity index (χ2v) is 39.4. The van der Waals surface area contributed by atoms with Crippen molar-refractivity contribution in [3.8, 4) is 44.5 Å². The van der Waals surface area contributed by atoms with Gasteiger partial charge in [0, 0.05) is 110 Å². The molecule has 0 bridgehead atoms. The van der Waals surface area contributed by atoms with Crippen molar-refractivity contribution >= 4 is 221 Å². The number of fused-ring (bicyclic) bond motifs is 12. The third kappa shape index (κ3) is 14.1. The van der Waals surface area contributed by atoms with Gasteiger partial charge in [0.2, 0.25) is 0 Å². The lowest BCUT2D eigenvalue weighted by Gasteiger charge is -2.33. The van der Waals surface area contributed by atoms with Gasteiger partial charge in [-0.05, 0) is 260 Å². The van der Waals surface area contributed by atoms with E-state index in [0.717, 1.165) is 204 Å². The first-order valence-electron chi connectivity index (χ1n) is 51.9. The van der Waals surface area contributed by atoms with Crippen LogP contribution in [0.3, 0.4) is 0 Å². The second-order valence-electron chi connectivity index (χ2n) is 39.4. The highest BCUT2D eigenvalue weighted by Gasteiger charge is 2.33. The lowest BCUT2D eigenvalue weighted by atomic mass is 9.89. The molecule has 4 heterocycles. The Balaban J connectivity index is 0.000000146. The average molecular weight is 1910 g/mol. The molecule has 0 saturated heterocycles. The summed E-state index contributed by atoms with van der Waals surface area (Å²) in [6.45, 7) is 18.2. The minimum Gasteiger partial charge on any atom is -0.455 e. The molecule has 0 aliphatic heterocycles. The molecule has 0 aliphatic carbocycles. The van der Waals surface area contributed by atoms with Gasteiger partial charge in [-0.1, -0.05) is 367 Å². The summed E-state index contributed by atoms with van der Waals surface area (Å²) < 4.78 is 26.7. The van der Waals surface area contributed by atoms with Gasteiger partial charge < -0.3 is 37.3 Å². The van der Waals surface area contributed by atoms with Crippen molar-refractivity contribution in [2.45, 2.75) is 81.1 Å². The predicted molar refractivity (Wildman–Crippen MR) is 626 cm³/mol. The molecule has 0 N–H and O–H groups in total. The number of furan rings is 4. The standard InChI is InChI=1S/C72H56N2O2.C68H48N2O2/c1-5-45-33-39-53(57-27-19-29-59-55-25-15-17-31-65(55)75-71(57)59)51(7-3)69(45)73(49-21-11-9-12-22-49)63-43-37-47-36-42-62-64(44-38-48-35-41-61(63)67(47)68(48)62)74(50-23-13-10-14-24-50)70-46(6-2)34-40-54(52(70)8-4)58-28-20-30-60-56-26-16-18-32-66(56)76-72(58)60;1-41-29-35-49(53-23-15-25-55-51-21-11-13-27-61(51)71-67(53)55)43(3)65(41)69(47-17-7-5-8-18-47)59-39-33-45-32-38-58-60(40-34-46-31-37-57(59)63(45)64(46)58)70(48-19-9-6-10-20-48)66-42(2)30-36-50(44(66)4)54-24-16-26-56-52-22-12-14-28-62(52)72-68(54)56/h9-44H,5-8H2,1-4H3;5-40H,1-4H3. The summed E-state index contributed by atoms with van der Waals surface area (Å²) in [6.07, 6.45) is 3.41. The van der Waals surface area contributed by atoms with E-state index in [2.05, 4.69) is 500 Å². The molecule has 8 nitrogen and oxygen atoms in total. The number of anilines is 12. The molecule has 0 saturated carbocycles. The summed E-state index contributed by atoms with van der Waals surface area (Å²) in [5.41, 5.74) is 40.0. The zero-order chi connectivity index (χ0) is 99.2. The number of rotatable bonds is 20. The molecule has 708 valence electrons. The maximum atomic E-state index is 6.73. The van der Waals surface area contributed by atoms with Gasteiger partial charge in [-0.15, -0.1) is 0 Å². The molecule has 8 heteroatoms. The molecule has 0 atom stereocenters. The van der Waals surface area contributed by atoms with E-state index in [4.69, 9.17) is 17.7 Å². The molecular weight excluding hydrogens is 1800 g/mol. The normalized spacial score (nSPS) is 11.9. The summed E-state index contributed by atoms with van der Waals surface area (Å²) in [5, 5.41) is 23.7. The quantitative estimate of drug-likeness (QED) is 0.0700. The zero-order valence-corrected chi connectivity index (χ0v) is 83.8. The Morgan fingerprint density at radius 2 is 0.412 bits per heavy atom. The number of aryl methyl sites for hydroxylation is 4. The number of hydrogen-bond donors (Lipinski definition) is 0. The van der Waals surface area contributed by atoms with Crippen LogP contribution >= 0.6 is 0 Å². The van der Waals surface area contributed by atoms with Gasteiger partial charge in [-0.3, -0.25) is 0 Å². The van der Waals surface area contributed by atoms with Crippen LogP contribution in [0.15, 0.2) is 454 Å². The summed E-state index contributed by atoms with van der Waals surface area (Å²) in [4.78, 5) is 10.1. The molecule has 28 aromatic rings. The van der Waals surface area contributed by atoms with Crippen molar-refractivity contribution in [2.75, 3.05) is 19.6 Å². The van der Waals surface area contributed by atoms with Gasteiger partial charge >= 0.3 is 0 Å². The lowest BCUT2D eigenvalue weighted by molar-refractivity contribution is 0.669. The van der Waals surface area contributed by atoms with Crippen molar-refractivity contribution in [3.63, 3.8) is 0 Å². The molecule has 0 aliphatic rings. The van der Waals surface area contributed by atoms with Crippen molar-refractivity contribution in [1.29, 1.82) is 0 Å². The molecule has 148 heavy (non-hydrogen) atoms. The van der Waals surface area contributed by atoms with Crippen LogP contribution in [0.5, 0.6) is 0 Å². The lowest BCUT2D eigenvalue weighted by Crippen LogP contribution is -2.16. The van der Waals surface area contributed by atoms with E-state index < -0.39 is 0 Å². The molecular formula is C140H104N4O4. The van der Waals surface area contributed by atoms with Crippen LogP contribution in [-0.4, -0.2) is 0 Å². The Morgan fingerprint density at radius 3 is 0.682 bits per heavy atom. The van der Waals surface area contributed by atoms with Crippen molar-refractivity contribution < 1.29 is 17.7 Å². The molecule has 0 unspecified atom stereocenters. The Hall–Kier alpha value is -18.2. The van der Waals surface area contributed by atoms with E-state index in [0.29, 0.717) is 0 Å². The molecule has 0 amide bonds. The van der Waals surface area contributed by atoms with Crippen LogP contribution in [0.25, 0.3) is 197 Å². The highest BCUT2D eigenvalue weighted by atomic mass is 16.3. The van der Waals surface area contributed by atoms with Gasteiger partial charge in [0.1, 0.15) is 44.7 Å². The van der Waals surface area contributed by atoms with E-state index >= 15 is 0 Å². The highest BCUT2D eigenvalue weighted by molar-refractivity contribution is 6.31. The SMILES string of the molecule is CCc1ccc(-c2cccc3c2oc2ccccc23)c(CC)c1N(c1ccccc1)c1ccc2ccc3c(N(c4ccccc4)c4c(CC)ccc(-c5cccc6c5oc5ccccc56)c4CC)ccc4ccc1c2c43.Cc1ccc(-c2cccc3c2oc2ccccc23)c(C)c1N(c1ccccc1)c1ccc2ccc3c(N(c4ccccc4)c4c(C)ccc(-c5cccc6c5oc5ccccc56)c4C)ccc4ccc1c2c43. The summed E-state index contributed by atoms with van der Waals surface area (Å²) in [6, 6.07) is 159. The molecule has 28 rings (SSSR count). The fraction of sp³-hybridized carbons (Fsp3) is 0.0857. The summed E-state index contributed by atoms with van der Waals surface area (Å²) >= 11 is 0. The highest BCUT2D eigenvalue weighted by Crippen LogP contribution is 2.57. The summed E-state index contributed by atoms with van der Waals surface area (Å²) in [5.74, 6) is 0. The Morgan fingerprint density at radius 1 is 0.176 bits per heavy atom. The fourth-order valence-corrected chi connectivity index (χ4v) is 24.7. The molecule has 0 fully saturated rings. The third-order valence-corrected chi connectivity index (χ3v) is 31.4. The van der Waals surface area contributed by atoms with E-state index in [1.165, 1.54) is 132 Å². The largest absolute Gasteiger partial charge is 0.455 e. The van der Waals surface area contributed by atoms with Crippen molar-refractivity contribution in [1.82, 2.24) is 0 Å². The van der Waals surface area contributed by atoms with Crippen LogP contribution < -0.4 is 19.6 Å². The maximum Gasteiger partial charge on any atom is 0.143 e. The van der Waals surface area contributed by atoms with Crippen LogP contribution in [0.4, 0.5) is 68.2 Å². The Kier molecular flexibility index (Phi) is 21.5. The first-order chi connectivity index (χ1) is 73.0. The van der Waals surface area contributed by atoms with Gasteiger partial charge in [-0.25, -0.2) is 0 Å². The minimum atomic E-state index is 0.830. The van der Waals surface area contributed by atoms with Crippen LogP contribution in [0.2, 0.25) is 0 Å². The van der Waals surface area contributed by atoms with Gasteiger partial charge in [0.25, 0.3) is 0 Å². The van der Waals surface area contributed by atoms with Crippen LogP contribution in [-0.2, 0) is 25.7 Å². The molecule has 0 spiro atoms.